The molecule has 0 amide bonds. The van der Waals surface area contributed by atoms with Crippen molar-refractivity contribution < 1.29 is 4.42 Å². The number of fused-ring (bicyclic) bond motifs is 7. The van der Waals surface area contributed by atoms with Gasteiger partial charge < -0.3 is 4.42 Å². The maximum absolute atomic E-state index is 6.70. The van der Waals surface area contributed by atoms with Crippen LogP contribution in [0.15, 0.2) is 174 Å². The molecule has 0 unspecified atom stereocenters. The first-order chi connectivity index (χ1) is 24.3. The maximum Gasteiger partial charge on any atom is 0.160 e. The summed E-state index contributed by atoms with van der Waals surface area (Å²) in [6, 6.07) is 59.7. The molecule has 10 aromatic rings. The smallest absolute Gasteiger partial charge is 0.160 e. The number of aromatic nitrogens is 2. The van der Waals surface area contributed by atoms with E-state index in [4.69, 9.17) is 14.4 Å². The van der Waals surface area contributed by atoms with E-state index >= 15 is 0 Å². The normalized spacial score (nSPS) is 11.7. The third-order valence-electron chi connectivity index (χ3n) is 9.63. The monoisotopic (exact) mass is 624 g/mol. The molecular formula is C46H28N2O. The summed E-state index contributed by atoms with van der Waals surface area (Å²) in [5.41, 5.74) is 10.2. The lowest BCUT2D eigenvalue weighted by Gasteiger charge is -2.11. The van der Waals surface area contributed by atoms with E-state index in [9.17, 15) is 0 Å². The lowest BCUT2D eigenvalue weighted by Crippen LogP contribution is -1.95. The second-order valence-corrected chi connectivity index (χ2v) is 12.6. The molecule has 0 radical (unpaired) electrons. The second-order valence-electron chi connectivity index (χ2n) is 12.6. The average molecular weight is 625 g/mol. The molecule has 0 saturated carbocycles. The van der Waals surface area contributed by atoms with E-state index in [-0.39, 0.29) is 0 Å². The number of benzene rings is 8. The highest BCUT2D eigenvalue weighted by Crippen LogP contribution is 2.43. The third-order valence-corrected chi connectivity index (χ3v) is 9.63. The number of rotatable bonds is 4. The minimum atomic E-state index is 0.687. The Morgan fingerprint density at radius 3 is 2.00 bits per heavy atom. The van der Waals surface area contributed by atoms with Gasteiger partial charge in [0.2, 0.25) is 0 Å². The minimum absolute atomic E-state index is 0.687. The molecule has 0 fully saturated rings. The van der Waals surface area contributed by atoms with Gasteiger partial charge in [0.1, 0.15) is 11.2 Å². The first-order valence-corrected chi connectivity index (χ1v) is 16.6. The Bertz CT molecular complexity index is 2890. The lowest BCUT2D eigenvalue weighted by atomic mass is 9.93. The molecule has 3 heteroatoms. The molecule has 2 aromatic heterocycles. The summed E-state index contributed by atoms with van der Waals surface area (Å²) in [7, 11) is 0. The highest BCUT2D eigenvalue weighted by Gasteiger charge is 2.19. The molecule has 0 bridgehead atoms. The predicted octanol–water partition coefficient (Wildman–Crippen LogP) is 12.5. The zero-order valence-corrected chi connectivity index (χ0v) is 26.5. The fraction of sp³-hybridized carbons (Fsp3) is 0. The summed E-state index contributed by atoms with van der Waals surface area (Å²) in [4.78, 5) is 10.4. The molecule has 0 aliphatic rings. The van der Waals surface area contributed by atoms with Crippen molar-refractivity contribution in [3.63, 3.8) is 0 Å². The highest BCUT2D eigenvalue weighted by molar-refractivity contribution is 6.21. The zero-order chi connectivity index (χ0) is 32.3. The van der Waals surface area contributed by atoms with E-state index in [0.717, 1.165) is 71.6 Å². The summed E-state index contributed by atoms with van der Waals surface area (Å²) in [6.45, 7) is 0. The summed E-state index contributed by atoms with van der Waals surface area (Å²) < 4.78 is 6.70. The van der Waals surface area contributed by atoms with Gasteiger partial charge in [-0.25, -0.2) is 9.97 Å². The van der Waals surface area contributed by atoms with Crippen molar-refractivity contribution in [2.75, 3.05) is 0 Å². The molecule has 0 aliphatic carbocycles. The number of nitrogens with zero attached hydrogens (tertiary/aromatic N) is 2. The predicted molar refractivity (Wildman–Crippen MR) is 204 cm³/mol. The number of furan rings is 1. The molecule has 0 aliphatic heterocycles. The Kier molecular flexibility index (Phi) is 6.18. The Labute approximate surface area is 282 Å². The van der Waals surface area contributed by atoms with Crippen LogP contribution in [0.3, 0.4) is 0 Å². The van der Waals surface area contributed by atoms with E-state index in [1.54, 1.807) is 0 Å². The molecule has 10 rings (SSSR count). The topological polar surface area (TPSA) is 38.9 Å². The maximum atomic E-state index is 6.70. The van der Waals surface area contributed by atoms with E-state index in [2.05, 4.69) is 164 Å². The van der Waals surface area contributed by atoms with Crippen LogP contribution in [0.1, 0.15) is 0 Å². The van der Waals surface area contributed by atoms with Crippen LogP contribution in [0.25, 0.3) is 99.3 Å². The Hall–Kier alpha value is -6.58. The van der Waals surface area contributed by atoms with Crippen LogP contribution in [0.4, 0.5) is 0 Å². The SMILES string of the molecule is c1ccc(-c2cccc(-c3cc4ccccc4c4oc5ccc(-c6nc(-c7ccc8ccccc8c7)c7ccccc7n6)cc5c34)c2)cc1. The lowest BCUT2D eigenvalue weighted by molar-refractivity contribution is 0.673. The van der Waals surface area contributed by atoms with Crippen LogP contribution in [-0.4, -0.2) is 9.97 Å². The van der Waals surface area contributed by atoms with Crippen molar-refractivity contribution in [2.24, 2.45) is 0 Å². The first kappa shape index (κ1) is 27.5. The van der Waals surface area contributed by atoms with Gasteiger partial charge in [0.05, 0.1) is 11.2 Å². The van der Waals surface area contributed by atoms with Gasteiger partial charge in [0.25, 0.3) is 0 Å². The number of hydrogen-bond acceptors (Lipinski definition) is 3. The van der Waals surface area contributed by atoms with Gasteiger partial charge in [-0.2, -0.15) is 0 Å². The third kappa shape index (κ3) is 4.59. The van der Waals surface area contributed by atoms with Crippen LogP contribution in [0.2, 0.25) is 0 Å². The van der Waals surface area contributed by atoms with Gasteiger partial charge in [-0.3, -0.25) is 0 Å². The fourth-order valence-electron chi connectivity index (χ4n) is 7.24. The molecule has 2 heterocycles. The standard InChI is InChI=1S/C46H28N2O/c1-2-11-29(12-3-1)32-16-10-17-33(25-32)39-27-34-15-6-7-18-37(34)45-43(39)40-28-36(23-24-42(40)49-45)46-47-41-20-9-8-19-38(41)44(48-46)35-22-21-30-13-4-5-14-31(30)26-35/h1-28H. The number of hydrogen-bond donors (Lipinski definition) is 0. The summed E-state index contributed by atoms with van der Waals surface area (Å²) >= 11 is 0. The summed E-state index contributed by atoms with van der Waals surface area (Å²) in [5, 5.41) is 7.81. The van der Waals surface area contributed by atoms with E-state index in [1.807, 2.05) is 6.07 Å². The van der Waals surface area contributed by atoms with Crippen molar-refractivity contribution in [2.45, 2.75) is 0 Å². The molecular weight excluding hydrogens is 597 g/mol. The van der Waals surface area contributed by atoms with Crippen LogP contribution in [0.5, 0.6) is 0 Å². The van der Waals surface area contributed by atoms with Crippen LogP contribution >= 0.6 is 0 Å². The quantitative estimate of drug-likeness (QED) is 0.196. The van der Waals surface area contributed by atoms with Gasteiger partial charge in [0.15, 0.2) is 5.82 Å². The van der Waals surface area contributed by atoms with Crippen molar-refractivity contribution >= 4 is 54.4 Å². The van der Waals surface area contributed by atoms with Crippen molar-refractivity contribution in [3.05, 3.63) is 170 Å². The molecule has 49 heavy (non-hydrogen) atoms. The summed E-state index contributed by atoms with van der Waals surface area (Å²) in [6.07, 6.45) is 0. The van der Waals surface area contributed by atoms with E-state index < -0.39 is 0 Å². The van der Waals surface area contributed by atoms with Crippen LogP contribution in [-0.2, 0) is 0 Å². The molecule has 0 saturated heterocycles. The van der Waals surface area contributed by atoms with Gasteiger partial charge in [-0.1, -0.05) is 127 Å². The molecule has 8 aromatic carbocycles. The number of para-hydroxylation sites is 1. The van der Waals surface area contributed by atoms with Crippen molar-refractivity contribution in [1.29, 1.82) is 0 Å². The van der Waals surface area contributed by atoms with Crippen LogP contribution < -0.4 is 0 Å². The van der Waals surface area contributed by atoms with Gasteiger partial charge in [0, 0.05) is 32.7 Å². The largest absolute Gasteiger partial charge is 0.455 e. The minimum Gasteiger partial charge on any atom is -0.455 e. The van der Waals surface area contributed by atoms with Crippen molar-refractivity contribution in [1.82, 2.24) is 9.97 Å². The zero-order valence-electron chi connectivity index (χ0n) is 26.5. The van der Waals surface area contributed by atoms with Crippen molar-refractivity contribution in [3.8, 4) is 44.9 Å². The molecule has 0 N–H and O–H groups in total. The summed E-state index contributed by atoms with van der Waals surface area (Å²) in [5.74, 6) is 0.687. The Morgan fingerprint density at radius 1 is 0.388 bits per heavy atom. The average Bonchev–Trinajstić information content (AvgIpc) is 3.57. The first-order valence-electron chi connectivity index (χ1n) is 16.6. The highest BCUT2D eigenvalue weighted by atomic mass is 16.3. The fourth-order valence-corrected chi connectivity index (χ4v) is 7.24. The van der Waals surface area contributed by atoms with Gasteiger partial charge in [-0.05, 0) is 80.9 Å². The van der Waals surface area contributed by atoms with Gasteiger partial charge >= 0.3 is 0 Å². The second kappa shape index (κ2) is 11.0. The van der Waals surface area contributed by atoms with Crippen LogP contribution in [0, 0.1) is 0 Å². The van der Waals surface area contributed by atoms with Gasteiger partial charge in [-0.15, -0.1) is 0 Å². The Morgan fingerprint density at radius 2 is 1.10 bits per heavy atom. The van der Waals surface area contributed by atoms with E-state index in [1.165, 1.54) is 21.9 Å². The molecule has 228 valence electrons. The Balaban J connectivity index is 1.21. The molecule has 0 atom stereocenters. The molecule has 0 spiro atoms. The molecule has 3 nitrogen and oxygen atoms in total. The van der Waals surface area contributed by atoms with E-state index in [0.29, 0.717) is 5.82 Å².